The summed E-state index contributed by atoms with van der Waals surface area (Å²) in [6, 6.07) is 2.94. The Hall–Kier alpha value is -3.43. The highest BCUT2D eigenvalue weighted by molar-refractivity contribution is 7.22. The molecule has 2 bridgehead atoms. The van der Waals surface area contributed by atoms with Crippen molar-refractivity contribution in [2.24, 2.45) is 0 Å². The molecule has 6 heterocycles. The molecule has 8 rings (SSSR count). The van der Waals surface area contributed by atoms with Crippen LogP contribution in [-0.2, 0) is 6.18 Å². The predicted molar refractivity (Wildman–Crippen MR) is 158 cm³/mol. The summed E-state index contributed by atoms with van der Waals surface area (Å²) in [5.74, 6) is -1.84. The van der Waals surface area contributed by atoms with Gasteiger partial charge in [-0.1, -0.05) is 11.3 Å². The molecule has 4 fully saturated rings. The first kappa shape index (κ1) is 29.0. The van der Waals surface area contributed by atoms with Gasteiger partial charge < -0.3 is 20.7 Å². The zero-order valence-electron chi connectivity index (χ0n) is 23.9. The van der Waals surface area contributed by atoms with Gasteiger partial charge in [-0.2, -0.15) is 23.1 Å². The molecule has 0 aliphatic carbocycles. The van der Waals surface area contributed by atoms with Gasteiger partial charge in [0, 0.05) is 54.7 Å². The summed E-state index contributed by atoms with van der Waals surface area (Å²) >= 11 is 0.765. The third-order valence-corrected chi connectivity index (χ3v) is 10.6. The molecule has 0 radical (unpaired) electrons. The molecule has 0 saturated carbocycles. The fraction of sp³-hybridized carbons (Fsp3) is 0.500. The summed E-state index contributed by atoms with van der Waals surface area (Å²) in [5.41, 5.74) is 2.39. The van der Waals surface area contributed by atoms with Gasteiger partial charge >= 0.3 is 12.2 Å². The summed E-state index contributed by atoms with van der Waals surface area (Å²) < 4.78 is 96.1. The normalized spacial score (nSPS) is 26.8. The van der Waals surface area contributed by atoms with Crippen molar-refractivity contribution in [2.75, 3.05) is 43.4 Å². The molecule has 45 heavy (non-hydrogen) atoms. The maximum Gasteiger partial charge on any atom is 0.417 e. The van der Waals surface area contributed by atoms with Crippen LogP contribution in [0.1, 0.15) is 37.7 Å². The van der Waals surface area contributed by atoms with Crippen LogP contribution in [0.25, 0.3) is 32.2 Å². The molecule has 0 amide bonds. The topological polar surface area (TPSA) is 92.4 Å². The highest BCUT2D eigenvalue weighted by Gasteiger charge is 2.49. The molecule has 0 spiro atoms. The van der Waals surface area contributed by atoms with Crippen molar-refractivity contribution >= 4 is 43.4 Å². The lowest BCUT2D eigenvalue weighted by Crippen LogP contribution is -2.51. The van der Waals surface area contributed by atoms with E-state index in [0.29, 0.717) is 26.1 Å². The Morgan fingerprint density at radius 3 is 2.60 bits per heavy atom. The number of nitrogens with zero attached hydrogens (tertiary/aromatic N) is 5. The lowest BCUT2D eigenvalue weighted by molar-refractivity contribution is -0.137. The average Bonchev–Trinajstić information content (AvgIpc) is 3.73. The van der Waals surface area contributed by atoms with Crippen LogP contribution >= 0.6 is 11.3 Å². The molecule has 4 aromatic rings. The minimum absolute atomic E-state index is 0.0664. The number of piperazine rings is 1. The SMILES string of the molecule is Nc1nc2c(-c3c(C(F)(F)F)cc4c(N5C[C@H]6CC[C@H](C5)N6)nc(OC[C@@]56CCCN5C[C@H](F)C6)nc4c3F)ccc(F)c2s1. The number of thiazole rings is 1. The monoisotopic (exact) mass is 649 g/mol. The lowest BCUT2D eigenvalue weighted by atomic mass is 9.95. The molecule has 2 aromatic carbocycles. The first-order chi connectivity index (χ1) is 21.5. The summed E-state index contributed by atoms with van der Waals surface area (Å²) in [7, 11) is 0. The van der Waals surface area contributed by atoms with Crippen molar-refractivity contribution in [2.45, 2.75) is 62.1 Å². The number of hydrogen-bond acceptors (Lipinski definition) is 9. The van der Waals surface area contributed by atoms with Gasteiger partial charge in [0.15, 0.2) is 10.9 Å². The summed E-state index contributed by atoms with van der Waals surface area (Å²) in [5, 5.41) is 3.31. The third-order valence-electron chi connectivity index (χ3n) is 9.72. The van der Waals surface area contributed by atoms with E-state index in [1.165, 1.54) is 0 Å². The van der Waals surface area contributed by atoms with Crippen LogP contribution in [0.4, 0.5) is 37.3 Å². The number of nitrogens with two attached hydrogens (primary N) is 1. The standard InChI is InChI=1S/C30H29F6N7OS/c31-14-9-29(6-1-7-43(29)10-14)13-44-28-40-23-18(26(41-28)42-11-15-2-3-16(12-42)38-15)8-19(30(34,35)36)21(22(23)33)17-4-5-20(32)25-24(17)39-27(37)45-25/h4-5,8,14-16,38H,1-3,6-7,9-13H2,(H2,37,39)/t14-,15-,16-,29+/m1/s1. The zero-order valence-corrected chi connectivity index (χ0v) is 24.7. The second-order valence-corrected chi connectivity index (χ2v) is 13.6. The highest BCUT2D eigenvalue weighted by atomic mass is 32.1. The molecule has 15 heteroatoms. The average molecular weight is 650 g/mol. The minimum Gasteiger partial charge on any atom is -0.461 e. The lowest BCUT2D eigenvalue weighted by Gasteiger charge is -2.35. The number of hydrogen-bond donors (Lipinski definition) is 2. The number of rotatable bonds is 5. The summed E-state index contributed by atoms with van der Waals surface area (Å²) in [4.78, 5) is 16.9. The second kappa shape index (κ2) is 10.3. The first-order valence-electron chi connectivity index (χ1n) is 15.0. The number of benzene rings is 2. The van der Waals surface area contributed by atoms with E-state index in [9.17, 15) is 22.0 Å². The molecular weight excluding hydrogens is 620 g/mol. The quantitative estimate of drug-likeness (QED) is 0.267. The van der Waals surface area contributed by atoms with Crippen molar-refractivity contribution < 1.29 is 31.1 Å². The van der Waals surface area contributed by atoms with Gasteiger partial charge in [0.25, 0.3) is 0 Å². The van der Waals surface area contributed by atoms with E-state index in [2.05, 4.69) is 25.2 Å². The second-order valence-electron chi connectivity index (χ2n) is 12.6. The number of fused-ring (bicyclic) bond motifs is 5. The number of halogens is 6. The maximum absolute atomic E-state index is 16.8. The number of aromatic nitrogens is 3. The van der Waals surface area contributed by atoms with Crippen LogP contribution in [0.3, 0.4) is 0 Å². The van der Waals surface area contributed by atoms with E-state index in [4.69, 9.17) is 10.5 Å². The molecule has 4 atom stereocenters. The Kier molecular flexibility index (Phi) is 6.63. The number of ether oxygens (including phenoxy) is 1. The van der Waals surface area contributed by atoms with E-state index in [0.717, 1.165) is 61.8 Å². The molecule has 3 N–H and O–H groups in total. The minimum atomic E-state index is -4.99. The Morgan fingerprint density at radius 2 is 1.84 bits per heavy atom. The van der Waals surface area contributed by atoms with Crippen LogP contribution in [-0.4, -0.2) is 76.4 Å². The van der Waals surface area contributed by atoms with Gasteiger partial charge in [-0.3, -0.25) is 4.90 Å². The molecular formula is C30H29F6N7OS. The number of alkyl halides is 4. The fourth-order valence-electron chi connectivity index (χ4n) is 7.79. The van der Waals surface area contributed by atoms with Crippen molar-refractivity contribution in [1.82, 2.24) is 25.2 Å². The van der Waals surface area contributed by atoms with Crippen molar-refractivity contribution in [3.05, 3.63) is 35.4 Å². The first-order valence-corrected chi connectivity index (χ1v) is 15.8. The zero-order chi connectivity index (χ0) is 31.2. The van der Waals surface area contributed by atoms with Crippen LogP contribution in [0.15, 0.2) is 18.2 Å². The van der Waals surface area contributed by atoms with Crippen LogP contribution in [0.5, 0.6) is 6.01 Å². The summed E-state index contributed by atoms with van der Waals surface area (Å²) in [6.07, 6.45) is -2.28. The highest BCUT2D eigenvalue weighted by Crippen LogP contribution is 2.47. The van der Waals surface area contributed by atoms with E-state index in [1.54, 1.807) is 0 Å². The molecule has 8 nitrogen and oxygen atoms in total. The Morgan fingerprint density at radius 1 is 1.07 bits per heavy atom. The van der Waals surface area contributed by atoms with Crippen LogP contribution in [0.2, 0.25) is 0 Å². The maximum atomic E-state index is 16.8. The predicted octanol–water partition coefficient (Wildman–Crippen LogP) is 5.68. The third kappa shape index (κ3) is 4.76. The Balaban J connectivity index is 1.32. The number of nitrogens with one attached hydrogen (secondary N) is 1. The Labute approximate surface area is 257 Å². The smallest absolute Gasteiger partial charge is 0.417 e. The molecule has 2 aromatic heterocycles. The number of nitrogen functional groups attached to an aromatic ring is 1. The van der Waals surface area contributed by atoms with Crippen LogP contribution in [0, 0.1) is 11.6 Å². The van der Waals surface area contributed by atoms with Gasteiger partial charge in [0.2, 0.25) is 0 Å². The number of anilines is 2. The molecule has 0 unspecified atom stereocenters. The molecule has 238 valence electrons. The van der Waals surface area contributed by atoms with E-state index < -0.39 is 40.6 Å². The van der Waals surface area contributed by atoms with Crippen molar-refractivity contribution in [3.63, 3.8) is 0 Å². The fourth-order valence-corrected chi connectivity index (χ4v) is 8.56. The van der Waals surface area contributed by atoms with E-state index in [1.807, 2.05) is 4.90 Å². The molecule has 4 saturated heterocycles. The Bertz CT molecular complexity index is 1820. The van der Waals surface area contributed by atoms with Crippen molar-refractivity contribution in [3.8, 4) is 17.1 Å². The largest absolute Gasteiger partial charge is 0.461 e. The van der Waals surface area contributed by atoms with Gasteiger partial charge in [-0.15, -0.1) is 0 Å². The molecule has 4 aliphatic heterocycles. The summed E-state index contributed by atoms with van der Waals surface area (Å²) in [6.45, 7) is 2.04. The van der Waals surface area contributed by atoms with Crippen LogP contribution < -0.4 is 20.7 Å². The van der Waals surface area contributed by atoms with Gasteiger partial charge in [0.1, 0.15) is 29.9 Å². The van der Waals surface area contributed by atoms with Gasteiger partial charge in [-0.25, -0.2) is 18.2 Å². The van der Waals surface area contributed by atoms with Crippen molar-refractivity contribution in [1.29, 1.82) is 0 Å². The molecule has 4 aliphatic rings. The van der Waals surface area contributed by atoms with Gasteiger partial charge in [-0.05, 0) is 50.4 Å². The van der Waals surface area contributed by atoms with E-state index >= 15 is 4.39 Å². The van der Waals surface area contributed by atoms with Gasteiger partial charge in [0.05, 0.1) is 21.3 Å². The van der Waals surface area contributed by atoms with E-state index in [-0.39, 0.29) is 62.3 Å².